The van der Waals surface area contributed by atoms with Crippen molar-refractivity contribution in [1.29, 1.82) is 0 Å². The maximum Gasteiger partial charge on any atom is 0.246 e. The Morgan fingerprint density at radius 1 is 0.899 bits per heavy atom. The molecule has 2 aliphatic carbocycles. The number of aryl methyl sites for hydroxylation is 2. The number of anilines is 3. The average molecular weight is 973 g/mol. The average Bonchev–Trinajstić information content (AvgIpc) is 4.00. The molecule has 69 heavy (non-hydrogen) atoms. The van der Waals surface area contributed by atoms with E-state index in [4.69, 9.17) is 11.6 Å². The molecule has 3 heterocycles. The van der Waals surface area contributed by atoms with Crippen LogP contribution in [0.5, 0.6) is 0 Å². The maximum absolute atomic E-state index is 14.6. The second-order valence-electron chi connectivity index (χ2n) is 18.9. The van der Waals surface area contributed by atoms with E-state index < -0.39 is 29.8 Å². The second-order valence-corrected chi connectivity index (χ2v) is 19.3. The van der Waals surface area contributed by atoms with Gasteiger partial charge < -0.3 is 36.8 Å². The minimum absolute atomic E-state index is 0.0103. The van der Waals surface area contributed by atoms with Gasteiger partial charge in [-0.3, -0.25) is 23.9 Å². The number of likely N-dealkylation sites (tertiary alicyclic amines) is 1. The Kier molecular flexibility index (Phi) is 18.7. The first-order valence-electron chi connectivity index (χ1n) is 24.9. The SMILES string of the molecule is CN[C@@H](C)C(=O)N[C@H](C(=O)N1C[C@@H](NC(=O)CCCCCCCCCn2cc(Nc3ncc(Cl)c(NCc4cc(F)ccc4F)n3)cn2)C[C@H]1C(=O)N[C@@H]1CCCc2ccccc21)C1CCCCC1. The van der Waals surface area contributed by atoms with Gasteiger partial charge >= 0.3 is 0 Å². The van der Waals surface area contributed by atoms with Gasteiger partial charge in [-0.15, -0.1) is 0 Å². The molecular formula is C51H68ClF2N11O4. The third kappa shape index (κ3) is 14.4. The Bertz CT molecular complexity index is 2360. The number of aromatic nitrogens is 4. The van der Waals surface area contributed by atoms with Gasteiger partial charge in [0.15, 0.2) is 5.82 Å². The van der Waals surface area contributed by atoms with Crippen molar-refractivity contribution in [2.45, 2.75) is 159 Å². The van der Waals surface area contributed by atoms with Crippen molar-refractivity contribution >= 4 is 52.7 Å². The standard InChI is InChI=1S/C51H68ClF2N11O4/c1-33(55-2)48(67)62-46(35-17-9-8-10-18-35)50(69)65-32-38(27-44(65)49(68)61-43-21-15-19-34-16-12-13-20-40(34)43)59-45(66)22-11-6-4-3-5-7-14-25-64-31-39(29-58-64)60-51-57-30-41(52)47(63-51)56-28-36-26-37(53)23-24-42(36)54/h12-13,16,20,23-24,26,29-31,33,35,38,43-44,46,55H,3-11,14-15,17-19,21-22,25,27-28,32H2,1-2H3,(H,59,66)(H,61,68)(H,62,67)(H2,56,57,60,63)/t33-,38-,43+,44-,46-/m0/s1. The van der Waals surface area contributed by atoms with Gasteiger partial charge in [0, 0.05) is 43.9 Å². The van der Waals surface area contributed by atoms with E-state index >= 15 is 0 Å². The summed E-state index contributed by atoms with van der Waals surface area (Å²) in [5, 5.41) is 23.2. The van der Waals surface area contributed by atoms with Crippen LogP contribution in [0.3, 0.4) is 0 Å². The Morgan fingerprint density at radius 2 is 1.67 bits per heavy atom. The summed E-state index contributed by atoms with van der Waals surface area (Å²) in [7, 11) is 1.71. The van der Waals surface area contributed by atoms with Crippen molar-refractivity contribution < 1.29 is 28.0 Å². The van der Waals surface area contributed by atoms with Crippen LogP contribution in [0, 0.1) is 17.6 Å². The molecule has 18 heteroatoms. The molecule has 1 aliphatic heterocycles. The normalized spacial score (nSPS) is 19.0. The number of nitrogens with one attached hydrogen (secondary N) is 6. The summed E-state index contributed by atoms with van der Waals surface area (Å²) < 4.78 is 29.5. The van der Waals surface area contributed by atoms with Crippen LogP contribution in [0.4, 0.5) is 26.2 Å². The van der Waals surface area contributed by atoms with E-state index in [1.807, 2.05) is 23.0 Å². The van der Waals surface area contributed by atoms with Crippen molar-refractivity contribution in [2.75, 3.05) is 24.2 Å². The molecule has 3 aliphatic rings. The Hall–Kier alpha value is -5.68. The molecule has 372 valence electrons. The first-order valence-corrected chi connectivity index (χ1v) is 25.3. The largest absolute Gasteiger partial charge is 0.364 e. The van der Waals surface area contributed by atoms with Gasteiger partial charge in [0.1, 0.15) is 28.7 Å². The number of benzene rings is 2. The quantitative estimate of drug-likeness (QED) is 0.0398. The summed E-state index contributed by atoms with van der Waals surface area (Å²) in [6, 6.07) is 8.91. The van der Waals surface area contributed by atoms with Crippen LogP contribution in [0.25, 0.3) is 0 Å². The van der Waals surface area contributed by atoms with Gasteiger partial charge in [-0.05, 0) is 101 Å². The fraction of sp³-hybridized carbons (Fsp3) is 0.549. The zero-order chi connectivity index (χ0) is 48.7. The highest BCUT2D eigenvalue weighted by Gasteiger charge is 2.45. The number of fused-ring (bicyclic) bond motifs is 1. The number of halogens is 3. The number of hydrogen-bond donors (Lipinski definition) is 6. The molecule has 1 saturated heterocycles. The Morgan fingerprint density at radius 3 is 2.46 bits per heavy atom. The lowest BCUT2D eigenvalue weighted by Gasteiger charge is -2.35. The summed E-state index contributed by atoms with van der Waals surface area (Å²) in [4.78, 5) is 65.7. The predicted molar refractivity (Wildman–Crippen MR) is 263 cm³/mol. The number of unbranched alkanes of at least 4 members (excludes halogenated alkanes) is 6. The van der Waals surface area contributed by atoms with Gasteiger partial charge in [0.25, 0.3) is 0 Å². The fourth-order valence-corrected chi connectivity index (χ4v) is 10.0. The fourth-order valence-electron chi connectivity index (χ4n) is 9.87. The van der Waals surface area contributed by atoms with Crippen LogP contribution in [-0.4, -0.2) is 86.0 Å². The second kappa shape index (κ2) is 25.3. The zero-order valence-corrected chi connectivity index (χ0v) is 40.6. The highest BCUT2D eigenvalue weighted by atomic mass is 35.5. The molecule has 4 aromatic rings. The van der Waals surface area contributed by atoms with Crippen LogP contribution in [-0.2, 0) is 38.7 Å². The third-order valence-electron chi connectivity index (χ3n) is 13.8. The summed E-state index contributed by atoms with van der Waals surface area (Å²) in [6.45, 7) is 2.70. The highest BCUT2D eigenvalue weighted by molar-refractivity contribution is 6.32. The molecule has 2 fully saturated rings. The number of hydrogen-bond acceptors (Lipinski definition) is 10. The molecule has 7 rings (SSSR count). The van der Waals surface area contributed by atoms with E-state index in [0.717, 1.165) is 127 Å². The van der Waals surface area contributed by atoms with Crippen LogP contribution in [0.2, 0.25) is 5.02 Å². The summed E-state index contributed by atoms with van der Waals surface area (Å²) >= 11 is 6.25. The van der Waals surface area contributed by atoms with Crippen LogP contribution in [0.15, 0.2) is 61.1 Å². The maximum atomic E-state index is 14.6. The molecule has 0 spiro atoms. The lowest BCUT2D eigenvalue weighted by Crippen LogP contribution is -2.58. The first kappa shape index (κ1) is 51.2. The zero-order valence-electron chi connectivity index (χ0n) is 39.9. The molecular weight excluding hydrogens is 904 g/mol. The van der Waals surface area contributed by atoms with E-state index in [0.29, 0.717) is 18.5 Å². The molecule has 4 amide bonds. The summed E-state index contributed by atoms with van der Waals surface area (Å²) in [6.07, 6.45) is 19.9. The third-order valence-corrected chi connectivity index (χ3v) is 14.1. The lowest BCUT2D eigenvalue weighted by molar-refractivity contribution is -0.143. The van der Waals surface area contributed by atoms with E-state index in [2.05, 4.69) is 59.1 Å². The molecule has 0 radical (unpaired) electrons. The monoisotopic (exact) mass is 972 g/mol. The van der Waals surface area contributed by atoms with Crippen LogP contribution >= 0.6 is 11.6 Å². The van der Waals surface area contributed by atoms with Crippen LogP contribution < -0.4 is 31.9 Å². The molecule has 1 saturated carbocycles. The molecule has 6 N–H and O–H groups in total. The summed E-state index contributed by atoms with van der Waals surface area (Å²) in [5.41, 5.74) is 3.18. The number of rotatable bonds is 23. The van der Waals surface area contributed by atoms with Crippen molar-refractivity contribution in [2.24, 2.45) is 5.92 Å². The van der Waals surface area contributed by atoms with Crippen molar-refractivity contribution in [3.63, 3.8) is 0 Å². The first-order chi connectivity index (χ1) is 33.4. The highest BCUT2D eigenvalue weighted by Crippen LogP contribution is 2.33. The number of carbonyl (C=O) groups is 4. The Balaban J connectivity index is 0.836. The summed E-state index contributed by atoms with van der Waals surface area (Å²) in [5.74, 6) is -1.36. The van der Waals surface area contributed by atoms with Gasteiger partial charge in [-0.25, -0.2) is 13.8 Å². The van der Waals surface area contributed by atoms with Gasteiger partial charge in [-0.2, -0.15) is 10.1 Å². The van der Waals surface area contributed by atoms with Gasteiger partial charge in [0.05, 0.1) is 30.2 Å². The number of likely N-dealkylation sites (N-methyl/N-ethyl adjacent to an activating group) is 1. The van der Waals surface area contributed by atoms with E-state index in [9.17, 15) is 28.0 Å². The van der Waals surface area contributed by atoms with Crippen molar-refractivity contribution in [1.82, 2.24) is 45.9 Å². The Labute approximate surface area is 409 Å². The minimum Gasteiger partial charge on any atom is -0.364 e. The van der Waals surface area contributed by atoms with Crippen LogP contribution in [0.1, 0.15) is 132 Å². The molecule has 15 nitrogen and oxygen atoms in total. The smallest absolute Gasteiger partial charge is 0.246 e. The topological polar surface area (TPSA) is 187 Å². The molecule has 0 unspecified atom stereocenters. The molecule has 2 aromatic heterocycles. The number of amides is 4. The predicted octanol–water partition coefficient (Wildman–Crippen LogP) is 8.03. The minimum atomic E-state index is -0.773. The van der Waals surface area contributed by atoms with Crippen molar-refractivity contribution in [3.8, 4) is 0 Å². The van der Waals surface area contributed by atoms with E-state index in [1.54, 1.807) is 25.1 Å². The molecule has 5 atom stereocenters. The van der Waals surface area contributed by atoms with Gasteiger partial charge in [-0.1, -0.05) is 87.2 Å². The van der Waals surface area contributed by atoms with E-state index in [-0.39, 0.29) is 77.1 Å². The van der Waals surface area contributed by atoms with Crippen molar-refractivity contribution in [3.05, 3.63) is 94.4 Å². The number of carbonyl (C=O) groups excluding carboxylic acids is 4. The van der Waals surface area contributed by atoms with E-state index in [1.165, 1.54) is 11.8 Å². The number of nitrogens with zero attached hydrogens (tertiary/aromatic N) is 5. The molecule has 2 aromatic carbocycles. The molecule has 0 bridgehead atoms. The lowest BCUT2D eigenvalue weighted by atomic mass is 9.83. The van der Waals surface area contributed by atoms with Gasteiger partial charge in [0.2, 0.25) is 29.6 Å².